The van der Waals surface area contributed by atoms with E-state index in [0.717, 1.165) is 12.1 Å². The molecule has 0 aliphatic heterocycles. The summed E-state index contributed by atoms with van der Waals surface area (Å²) in [6, 6.07) is 3.14. The third kappa shape index (κ3) is 1.79. The summed E-state index contributed by atoms with van der Waals surface area (Å²) in [5.41, 5.74) is 0.310. The van der Waals surface area contributed by atoms with Crippen molar-refractivity contribution >= 4 is 11.0 Å². The summed E-state index contributed by atoms with van der Waals surface area (Å²) in [7, 11) is 0. The summed E-state index contributed by atoms with van der Waals surface area (Å²) in [5.74, 6) is -1.34. The van der Waals surface area contributed by atoms with Gasteiger partial charge < -0.3 is 5.11 Å². The Labute approximate surface area is 106 Å². The lowest BCUT2D eigenvalue weighted by molar-refractivity contribution is 0.457. The highest BCUT2D eigenvalue weighted by Crippen LogP contribution is 2.24. The van der Waals surface area contributed by atoms with E-state index in [0.29, 0.717) is 11.2 Å². The molecular formula is C12H8F2N4O. The number of benzene rings is 1. The van der Waals surface area contributed by atoms with Gasteiger partial charge >= 0.3 is 0 Å². The molecule has 0 fully saturated rings. The van der Waals surface area contributed by atoms with E-state index in [1.165, 1.54) is 16.9 Å². The van der Waals surface area contributed by atoms with E-state index >= 15 is 0 Å². The van der Waals surface area contributed by atoms with E-state index in [1.807, 2.05) is 0 Å². The monoisotopic (exact) mass is 262 g/mol. The SMILES string of the molecule is Cc1nc(O)c2cnn(-c3ccc(F)cc3F)c2n1. The van der Waals surface area contributed by atoms with Gasteiger partial charge in [-0.1, -0.05) is 0 Å². The van der Waals surface area contributed by atoms with Crippen LogP contribution >= 0.6 is 0 Å². The molecule has 0 bridgehead atoms. The first-order chi connectivity index (χ1) is 9.06. The molecule has 3 rings (SSSR count). The lowest BCUT2D eigenvalue weighted by Crippen LogP contribution is -2.02. The average molecular weight is 262 g/mol. The van der Waals surface area contributed by atoms with Crippen LogP contribution in [-0.2, 0) is 0 Å². The second kappa shape index (κ2) is 3.98. The Morgan fingerprint density at radius 1 is 1.21 bits per heavy atom. The minimum Gasteiger partial charge on any atom is -0.493 e. The fourth-order valence-electron chi connectivity index (χ4n) is 1.83. The number of aryl methyl sites for hydroxylation is 1. The predicted molar refractivity (Wildman–Crippen MR) is 63.0 cm³/mol. The molecule has 2 heterocycles. The van der Waals surface area contributed by atoms with Gasteiger partial charge in [0.15, 0.2) is 11.5 Å². The van der Waals surface area contributed by atoms with Crippen LogP contribution in [0.2, 0.25) is 0 Å². The highest BCUT2D eigenvalue weighted by Gasteiger charge is 2.14. The molecule has 0 amide bonds. The van der Waals surface area contributed by atoms with Crippen LogP contribution in [0.15, 0.2) is 24.4 Å². The van der Waals surface area contributed by atoms with Crippen LogP contribution in [0.5, 0.6) is 5.88 Å². The van der Waals surface area contributed by atoms with E-state index in [9.17, 15) is 13.9 Å². The molecule has 5 nitrogen and oxygen atoms in total. The van der Waals surface area contributed by atoms with Gasteiger partial charge in [-0.3, -0.25) is 0 Å². The summed E-state index contributed by atoms with van der Waals surface area (Å²) in [6.07, 6.45) is 1.33. The molecule has 0 aliphatic carbocycles. The third-order valence-electron chi connectivity index (χ3n) is 2.66. The molecule has 0 saturated heterocycles. The number of aromatic nitrogens is 4. The molecule has 7 heteroatoms. The summed E-state index contributed by atoms with van der Waals surface area (Å²) in [4.78, 5) is 7.89. The standard InChI is InChI=1S/C12H8F2N4O/c1-6-16-11-8(12(19)17-6)5-15-18(11)10-3-2-7(13)4-9(10)14/h2-5H,1H3,(H,16,17,19). The first-order valence-electron chi connectivity index (χ1n) is 5.43. The number of halogens is 2. The maximum absolute atomic E-state index is 13.7. The van der Waals surface area contributed by atoms with Gasteiger partial charge in [-0.15, -0.1) is 0 Å². The van der Waals surface area contributed by atoms with E-state index in [-0.39, 0.29) is 17.2 Å². The Kier molecular flexibility index (Phi) is 2.41. The largest absolute Gasteiger partial charge is 0.493 e. The maximum atomic E-state index is 13.7. The van der Waals surface area contributed by atoms with Crippen molar-refractivity contribution in [1.82, 2.24) is 19.7 Å². The second-order valence-corrected chi connectivity index (χ2v) is 3.98. The molecular weight excluding hydrogens is 254 g/mol. The number of aromatic hydroxyl groups is 1. The van der Waals surface area contributed by atoms with Gasteiger partial charge in [0.2, 0.25) is 5.88 Å². The van der Waals surface area contributed by atoms with Crippen molar-refractivity contribution in [3.63, 3.8) is 0 Å². The normalized spacial score (nSPS) is 11.1. The van der Waals surface area contributed by atoms with Crippen LogP contribution < -0.4 is 0 Å². The smallest absolute Gasteiger partial charge is 0.225 e. The topological polar surface area (TPSA) is 63.8 Å². The zero-order valence-corrected chi connectivity index (χ0v) is 9.80. The van der Waals surface area contributed by atoms with Crippen LogP contribution in [0.25, 0.3) is 16.7 Å². The molecule has 0 aliphatic rings. The predicted octanol–water partition coefficient (Wildman–Crippen LogP) is 2.11. The Morgan fingerprint density at radius 2 is 2.00 bits per heavy atom. The van der Waals surface area contributed by atoms with E-state index < -0.39 is 11.6 Å². The van der Waals surface area contributed by atoms with Crippen molar-refractivity contribution in [3.05, 3.63) is 41.9 Å². The van der Waals surface area contributed by atoms with Crippen LogP contribution in [0.1, 0.15) is 5.82 Å². The minimum atomic E-state index is -0.763. The number of nitrogens with zero attached hydrogens (tertiary/aromatic N) is 4. The molecule has 3 aromatic rings. The molecule has 0 atom stereocenters. The molecule has 0 spiro atoms. The lowest BCUT2D eigenvalue weighted by Gasteiger charge is -2.05. The van der Waals surface area contributed by atoms with Gasteiger partial charge in [0.1, 0.15) is 22.7 Å². The van der Waals surface area contributed by atoms with Gasteiger partial charge in [-0.05, 0) is 19.1 Å². The fourth-order valence-corrected chi connectivity index (χ4v) is 1.83. The van der Waals surface area contributed by atoms with Crippen LogP contribution in [0.3, 0.4) is 0 Å². The van der Waals surface area contributed by atoms with Crippen molar-refractivity contribution in [1.29, 1.82) is 0 Å². The molecule has 96 valence electrons. The molecule has 19 heavy (non-hydrogen) atoms. The first-order valence-corrected chi connectivity index (χ1v) is 5.43. The maximum Gasteiger partial charge on any atom is 0.225 e. The van der Waals surface area contributed by atoms with Crippen molar-refractivity contribution in [2.75, 3.05) is 0 Å². The average Bonchev–Trinajstić information content (AvgIpc) is 2.73. The molecule has 2 aromatic heterocycles. The minimum absolute atomic E-state index is 0.0499. The van der Waals surface area contributed by atoms with Gasteiger partial charge in [0.05, 0.1) is 6.20 Å². The Balaban J connectivity index is 2.31. The van der Waals surface area contributed by atoms with Crippen molar-refractivity contribution in [3.8, 4) is 11.6 Å². The molecule has 0 radical (unpaired) electrons. The Bertz CT molecular complexity index is 785. The first kappa shape index (κ1) is 11.5. The van der Waals surface area contributed by atoms with Crippen molar-refractivity contribution < 1.29 is 13.9 Å². The van der Waals surface area contributed by atoms with Crippen molar-refractivity contribution in [2.24, 2.45) is 0 Å². The quantitative estimate of drug-likeness (QED) is 0.729. The Hall–Kier alpha value is -2.57. The van der Waals surface area contributed by atoms with E-state index in [1.54, 1.807) is 6.92 Å². The number of rotatable bonds is 1. The zero-order valence-electron chi connectivity index (χ0n) is 9.80. The van der Waals surface area contributed by atoms with Crippen LogP contribution in [0, 0.1) is 18.6 Å². The van der Waals surface area contributed by atoms with Gasteiger partial charge in [0.25, 0.3) is 0 Å². The third-order valence-corrected chi connectivity index (χ3v) is 2.66. The number of hydrogen-bond donors (Lipinski definition) is 1. The van der Waals surface area contributed by atoms with E-state index in [4.69, 9.17) is 0 Å². The highest BCUT2D eigenvalue weighted by atomic mass is 19.1. The second-order valence-electron chi connectivity index (χ2n) is 3.98. The molecule has 1 N–H and O–H groups in total. The van der Waals surface area contributed by atoms with Gasteiger partial charge in [-0.2, -0.15) is 10.1 Å². The zero-order chi connectivity index (χ0) is 13.6. The number of fused-ring (bicyclic) bond motifs is 1. The van der Waals surface area contributed by atoms with Crippen LogP contribution in [-0.4, -0.2) is 24.9 Å². The summed E-state index contributed by atoms with van der Waals surface area (Å²) >= 11 is 0. The lowest BCUT2D eigenvalue weighted by atomic mass is 10.3. The van der Waals surface area contributed by atoms with Gasteiger partial charge in [0, 0.05) is 6.07 Å². The molecule has 0 unspecified atom stereocenters. The summed E-state index contributed by atoms with van der Waals surface area (Å²) in [6.45, 7) is 1.59. The summed E-state index contributed by atoms with van der Waals surface area (Å²) in [5, 5.41) is 13.9. The van der Waals surface area contributed by atoms with Crippen LogP contribution in [0.4, 0.5) is 8.78 Å². The van der Waals surface area contributed by atoms with Gasteiger partial charge in [-0.25, -0.2) is 18.4 Å². The summed E-state index contributed by atoms with van der Waals surface area (Å²) < 4.78 is 27.8. The van der Waals surface area contributed by atoms with Crippen molar-refractivity contribution in [2.45, 2.75) is 6.92 Å². The Morgan fingerprint density at radius 3 is 2.74 bits per heavy atom. The molecule has 0 saturated carbocycles. The molecule has 1 aromatic carbocycles. The number of hydrogen-bond acceptors (Lipinski definition) is 4. The fraction of sp³-hybridized carbons (Fsp3) is 0.0833. The highest BCUT2D eigenvalue weighted by molar-refractivity contribution is 5.81. The van der Waals surface area contributed by atoms with E-state index in [2.05, 4.69) is 15.1 Å².